The maximum absolute atomic E-state index is 12.6. The topological polar surface area (TPSA) is 79.9 Å². The highest BCUT2D eigenvalue weighted by Gasteiger charge is 2.20. The Balaban J connectivity index is 2.13. The molecule has 138 valence electrons. The molecule has 0 radical (unpaired) electrons. The monoisotopic (exact) mass is 349 g/mol. The number of urea groups is 1. The third-order valence-corrected chi connectivity index (χ3v) is 4.35. The van der Waals surface area contributed by atoms with Crippen molar-refractivity contribution in [2.45, 2.75) is 26.8 Å². The van der Waals surface area contributed by atoms with Crippen LogP contribution in [0.25, 0.3) is 0 Å². The number of carbonyl (C=O) groups excluding carboxylic acids is 2. The second-order valence-corrected chi connectivity index (χ2v) is 6.45. The normalized spacial score (nSPS) is 15.6. The molecule has 0 saturated carbocycles. The van der Waals surface area contributed by atoms with Gasteiger partial charge in [-0.05, 0) is 31.0 Å². The molecule has 0 aromatic heterocycles. The number of benzene rings is 1. The van der Waals surface area contributed by atoms with Gasteiger partial charge in [0.05, 0.1) is 26.0 Å². The largest absolute Gasteiger partial charge is 0.495 e. The van der Waals surface area contributed by atoms with Crippen molar-refractivity contribution in [1.82, 2.24) is 10.2 Å². The lowest BCUT2D eigenvalue weighted by molar-refractivity contribution is 0.0303. The first-order chi connectivity index (χ1) is 11.9. The Morgan fingerprint density at radius 2 is 1.88 bits per heavy atom. The van der Waals surface area contributed by atoms with Gasteiger partial charge in [-0.15, -0.1) is 0 Å². The SMILES string of the molecule is COc1ccc(C(=O)N2CCOCC2)cc1NC(=O)N[C@H](C)C(C)C. The van der Waals surface area contributed by atoms with E-state index in [1.54, 1.807) is 23.1 Å². The quantitative estimate of drug-likeness (QED) is 0.855. The van der Waals surface area contributed by atoms with Gasteiger partial charge in [0.15, 0.2) is 0 Å². The molecular formula is C18H27N3O4. The van der Waals surface area contributed by atoms with Crippen molar-refractivity contribution in [2.75, 3.05) is 38.7 Å². The summed E-state index contributed by atoms with van der Waals surface area (Å²) in [5, 5.41) is 5.65. The summed E-state index contributed by atoms with van der Waals surface area (Å²) in [6.45, 7) is 8.24. The fourth-order valence-corrected chi connectivity index (χ4v) is 2.42. The van der Waals surface area contributed by atoms with E-state index in [1.807, 2.05) is 20.8 Å². The first-order valence-electron chi connectivity index (χ1n) is 8.55. The van der Waals surface area contributed by atoms with Crippen LogP contribution in [0.5, 0.6) is 5.75 Å². The molecule has 0 bridgehead atoms. The number of methoxy groups -OCH3 is 1. The average molecular weight is 349 g/mol. The van der Waals surface area contributed by atoms with Crippen LogP contribution in [0.4, 0.5) is 10.5 Å². The van der Waals surface area contributed by atoms with Gasteiger partial charge < -0.3 is 25.0 Å². The van der Waals surface area contributed by atoms with Gasteiger partial charge in [0.2, 0.25) is 0 Å². The first kappa shape index (κ1) is 19.1. The molecule has 1 aromatic carbocycles. The van der Waals surface area contributed by atoms with Crippen LogP contribution in [-0.4, -0.2) is 56.3 Å². The summed E-state index contributed by atoms with van der Waals surface area (Å²) in [5.74, 6) is 0.748. The van der Waals surface area contributed by atoms with E-state index in [-0.39, 0.29) is 18.0 Å². The van der Waals surface area contributed by atoms with Gasteiger partial charge in [0, 0.05) is 24.7 Å². The summed E-state index contributed by atoms with van der Waals surface area (Å²) in [5.41, 5.74) is 0.977. The van der Waals surface area contributed by atoms with Crippen molar-refractivity contribution in [3.05, 3.63) is 23.8 Å². The third-order valence-electron chi connectivity index (χ3n) is 4.35. The number of nitrogens with one attached hydrogen (secondary N) is 2. The zero-order valence-corrected chi connectivity index (χ0v) is 15.3. The number of anilines is 1. The molecule has 0 unspecified atom stereocenters. The Hall–Kier alpha value is -2.28. The van der Waals surface area contributed by atoms with Crippen LogP contribution in [0.15, 0.2) is 18.2 Å². The molecular weight excluding hydrogens is 322 g/mol. The molecule has 7 nitrogen and oxygen atoms in total. The molecule has 1 heterocycles. The van der Waals surface area contributed by atoms with Crippen molar-refractivity contribution in [1.29, 1.82) is 0 Å². The lowest BCUT2D eigenvalue weighted by Crippen LogP contribution is -2.41. The second-order valence-electron chi connectivity index (χ2n) is 6.45. The van der Waals surface area contributed by atoms with Gasteiger partial charge in [0.25, 0.3) is 5.91 Å². The van der Waals surface area contributed by atoms with E-state index in [9.17, 15) is 9.59 Å². The highest BCUT2D eigenvalue weighted by molar-refractivity contribution is 5.98. The molecule has 1 atom stereocenters. The van der Waals surface area contributed by atoms with Gasteiger partial charge >= 0.3 is 6.03 Å². The van der Waals surface area contributed by atoms with Gasteiger partial charge in [-0.3, -0.25) is 4.79 Å². The van der Waals surface area contributed by atoms with E-state index in [2.05, 4.69) is 10.6 Å². The van der Waals surface area contributed by atoms with Gasteiger partial charge in [0.1, 0.15) is 5.75 Å². The second kappa shape index (κ2) is 8.71. The molecule has 3 amide bonds. The van der Waals surface area contributed by atoms with Crippen LogP contribution in [-0.2, 0) is 4.74 Å². The predicted molar refractivity (Wildman–Crippen MR) is 96.2 cm³/mol. The van der Waals surface area contributed by atoms with Gasteiger partial charge in [-0.25, -0.2) is 4.79 Å². The molecule has 1 aromatic rings. The zero-order chi connectivity index (χ0) is 18.4. The molecule has 25 heavy (non-hydrogen) atoms. The van der Waals surface area contributed by atoms with E-state index in [0.29, 0.717) is 49.2 Å². The molecule has 7 heteroatoms. The summed E-state index contributed by atoms with van der Waals surface area (Å²) >= 11 is 0. The van der Waals surface area contributed by atoms with Crippen LogP contribution < -0.4 is 15.4 Å². The maximum atomic E-state index is 12.6. The molecule has 1 aliphatic rings. The van der Waals surface area contributed by atoms with Crippen LogP contribution in [0, 0.1) is 5.92 Å². The number of carbonyl (C=O) groups is 2. The minimum atomic E-state index is -0.324. The fraction of sp³-hybridized carbons (Fsp3) is 0.556. The van der Waals surface area contributed by atoms with Crippen molar-refractivity contribution in [2.24, 2.45) is 5.92 Å². The van der Waals surface area contributed by atoms with Gasteiger partial charge in [-0.1, -0.05) is 13.8 Å². The summed E-state index contributed by atoms with van der Waals surface area (Å²) in [7, 11) is 1.53. The van der Waals surface area contributed by atoms with Crippen LogP contribution in [0.1, 0.15) is 31.1 Å². The van der Waals surface area contributed by atoms with Crippen LogP contribution >= 0.6 is 0 Å². The summed E-state index contributed by atoms with van der Waals surface area (Å²) < 4.78 is 10.6. The lowest BCUT2D eigenvalue weighted by atomic mass is 10.1. The molecule has 2 N–H and O–H groups in total. The van der Waals surface area contributed by atoms with Crippen molar-refractivity contribution >= 4 is 17.6 Å². The molecule has 1 saturated heterocycles. The van der Waals surface area contributed by atoms with Crippen molar-refractivity contribution in [3.63, 3.8) is 0 Å². The number of hydrogen-bond donors (Lipinski definition) is 2. The first-order valence-corrected chi connectivity index (χ1v) is 8.55. The van der Waals surface area contributed by atoms with Crippen molar-refractivity contribution < 1.29 is 19.1 Å². The predicted octanol–water partition coefficient (Wildman–Crippen LogP) is 2.33. The Labute approximate surface area is 148 Å². The Bertz CT molecular complexity index is 612. The number of hydrogen-bond acceptors (Lipinski definition) is 4. The van der Waals surface area contributed by atoms with E-state index < -0.39 is 0 Å². The fourth-order valence-electron chi connectivity index (χ4n) is 2.42. The number of amides is 3. The van der Waals surface area contributed by atoms with E-state index >= 15 is 0 Å². The number of nitrogens with zero attached hydrogens (tertiary/aromatic N) is 1. The zero-order valence-electron chi connectivity index (χ0n) is 15.3. The average Bonchev–Trinajstić information content (AvgIpc) is 2.61. The smallest absolute Gasteiger partial charge is 0.319 e. The van der Waals surface area contributed by atoms with Gasteiger partial charge in [-0.2, -0.15) is 0 Å². The molecule has 1 aliphatic heterocycles. The third kappa shape index (κ3) is 5.09. The Kier molecular flexibility index (Phi) is 6.64. The highest BCUT2D eigenvalue weighted by Crippen LogP contribution is 2.26. The summed E-state index contributed by atoms with van der Waals surface area (Å²) in [6, 6.07) is 4.75. The number of rotatable bonds is 5. The van der Waals surface area contributed by atoms with Crippen LogP contribution in [0.3, 0.4) is 0 Å². The Morgan fingerprint density at radius 1 is 1.20 bits per heavy atom. The summed E-state index contributed by atoms with van der Waals surface area (Å²) in [6.07, 6.45) is 0. The van der Waals surface area contributed by atoms with E-state index in [0.717, 1.165) is 0 Å². The maximum Gasteiger partial charge on any atom is 0.319 e. The summed E-state index contributed by atoms with van der Waals surface area (Å²) in [4.78, 5) is 26.5. The van der Waals surface area contributed by atoms with E-state index in [4.69, 9.17) is 9.47 Å². The minimum absolute atomic E-state index is 0.0316. The molecule has 2 rings (SSSR count). The van der Waals surface area contributed by atoms with Crippen molar-refractivity contribution in [3.8, 4) is 5.75 Å². The standard InChI is InChI=1S/C18H27N3O4/c1-12(2)13(3)19-18(23)20-15-11-14(5-6-16(15)24-4)17(22)21-7-9-25-10-8-21/h5-6,11-13H,7-10H2,1-4H3,(H2,19,20,23)/t13-/m1/s1. The highest BCUT2D eigenvalue weighted by atomic mass is 16.5. The number of ether oxygens (including phenoxy) is 2. The molecule has 0 spiro atoms. The minimum Gasteiger partial charge on any atom is -0.495 e. The van der Waals surface area contributed by atoms with E-state index in [1.165, 1.54) is 7.11 Å². The van der Waals surface area contributed by atoms with Crippen LogP contribution in [0.2, 0.25) is 0 Å². The number of morpholine rings is 1. The lowest BCUT2D eigenvalue weighted by Gasteiger charge is -2.27. The Morgan fingerprint density at radius 3 is 2.48 bits per heavy atom. The molecule has 0 aliphatic carbocycles. The molecule has 1 fully saturated rings.